The molecule has 24 heavy (non-hydrogen) atoms. The Balaban J connectivity index is 1.91. The van der Waals surface area contributed by atoms with E-state index in [0.717, 1.165) is 16.8 Å². The Morgan fingerprint density at radius 3 is 2.92 bits per heavy atom. The zero-order chi connectivity index (χ0) is 17.1. The van der Waals surface area contributed by atoms with E-state index in [0.29, 0.717) is 43.4 Å². The number of nitrogens with zero attached hydrogens (tertiary/aromatic N) is 2. The predicted molar refractivity (Wildman–Crippen MR) is 93.4 cm³/mol. The van der Waals surface area contributed by atoms with E-state index in [1.54, 1.807) is 18.3 Å². The summed E-state index contributed by atoms with van der Waals surface area (Å²) in [6.07, 6.45) is 1.94. The molecule has 6 heteroatoms. The van der Waals surface area contributed by atoms with E-state index in [1.807, 2.05) is 19.1 Å². The Labute approximate surface area is 146 Å². The van der Waals surface area contributed by atoms with Crippen molar-refractivity contribution in [2.24, 2.45) is 0 Å². The van der Waals surface area contributed by atoms with Crippen LogP contribution in [0, 0.1) is 0 Å². The summed E-state index contributed by atoms with van der Waals surface area (Å²) in [4.78, 5) is 6.44. The van der Waals surface area contributed by atoms with Gasteiger partial charge in [-0.15, -0.1) is 0 Å². The van der Waals surface area contributed by atoms with Crippen LogP contribution in [0.15, 0.2) is 30.5 Å². The van der Waals surface area contributed by atoms with Crippen molar-refractivity contribution >= 4 is 11.6 Å². The van der Waals surface area contributed by atoms with Gasteiger partial charge in [0.2, 0.25) is 0 Å². The Bertz CT molecular complexity index is 706. The summed E-state index contributed by atoms with van der Waals surface area (Å²) in [6, 6.07) is 7.22. The fourth-order valence-electron chi connectivity index (χ4n) is 2.83. The van der Waals surface area contributed by atoms with Crippen molar-refractivity contribution in [3.63, 3.8) is 0 Å². The molecule has 0 aliphatic carbocycles. The second kappa shape index (κ2) is 7.38. The number of fused-ring (bicyclic) bond motifs is 1. The van der Waals surface area contributed by atoms with E-state index in [9.17, 15) is 10.2 Å². The molecule has 128 valence electrons. The number of halogens is 1. The molecule has 0 fully saturated rings. The Hall–Kier alpha value is -1.82. The molecule has 0 bridgehead atoms. The van der Waals surface area contributed by atoms with E-state index in [2.05, 4.69) is 9.88 Å². The van der Waals surface area contributed by atoms with Gasteiger partial charge in [-0.05, 0) is 30.7 Å². The summed E-state index contributed by atoms with van der Waals surface area (Å²) in [5.74, 6) is 0.623. The van der Waals surface area contributed by atoms with E-state index in [4.69, 9.17) is 16.3 Å². The molecule has 3 rings (SSSR count). The molecule has 0 radical (unpaired) electrons. The number of pyridine rings is 1. The third kappa shape index (κ3) is 3.80. The highest BCUT2D eigenvalue weighted by atomic mass is 35.5. The molecule has 1 unspecified atom stereocenters. The molecule has 2 aromatic rings. The monoisotopic (exact) mass is 348 g/mol. The maximum atomic E-state index is 10.3. The maximum Gasteiger partial charge on any atom is 0.165 e. The first-order chi connectivity index (χ1) is 11.6. The summed E-state index contributed by atoms with van der Waals surface area (Å²) in [5.41, 5.74) is 2.44. The van der Waals surface area contributed by atoms with Crippen molar-refractivity contribution in [2.45, 2.75) is 26.0 Å². The zero-order valence-corrected chi connectivity index (χ0v) is 14.3. The number of hydrogen-bond acceptors (Lipinski definition) is 5. The zero-order valence-electron chi connectivity index (χ0n) is 13.6. The van der Waals surface area contributed by atoms with Crippen molar-refractivity contribution in [3.8, 4) is 22.8 Å². The Kier molecular flexibility index (Phi) is 5.23. The number of phenolic OH excluding ortho intramolecular Hbond substituents is 1. The lowest BCUT2D eigenvalue weighted by molar-refractivity contribution is 0.101. The number of aliphatic hydroxyl groups is 1. The molecule has 1 atom stereocenters. The minimum Gasteiger partial charge on any atom is -0.504 e. The number of benzene rings is 1. The van der Waals surface area contributed by atoms with E-state index >= 15 is 0 Å². The van der Waals surface area contributed by atoms with Crippen LogP contribution >= 0.6 is 11.6 Å². The van der Waals surface area contributed by atoms with E-state index in [-0.39, 0.29) is 11.9 Å². The Morgan fingerprint density at radius 1 is 1.38 bits per heavy atom. The van der Waals surface area contributed by atoms with Gasteiger partial charge in [-0.3, -0.25) is 9.88 Å². The van der Waals surface area contributed by atoms with Gasteiger partial charge in [-0.1, -0.05) is 18.5 Å². The van der Waals surface area contributed by atoms with Crippen molar-refractivity contribution < 1.29 is 14.9 Å². The summed E-state index contributed by atoms with van der Waals surface area (Å²) in [6.45, 7) is 4.35. The molecule has 1 aromatic carbocycles. The number of aliphatic hydroxyl groups excluding tert-OH is 1. The molecule has 0 saturated carbocycles. The highest BCUT2D eigenvalue weighted by Crippen LogP contribution is 2.37. The third-order valence-electron chi connectivity index (χ3n) is 4.16. The van der Waals surface area contributed by atoms with Crippen LogP contribution in [0.3, 0.4) is 0 Å². The third-order valence-corrected chi connectivity index (χ3v) is 4.38. The van der Waals surface area contributed by atoms with Crippen LogP contribution in [0.4, 0.5) is 0 Å². The van der Waals surface area contributed by atoms with Crippen LogP contribution in [0.25, 0.3) is 11.3 Å². The summed E-state index contributed by atoms with van der Waals surface area (Å²) < 4.78 is 5.72. The van der Waals surface area contributed by atoms with Crippen LogP contribution in [0.5, 0.6) is 11.5 Å². The number of ether oxygens (including phenoxy) is 1. The number of β-amino-alcohol motifs (C(OH)–C–C–N with tert-alkyl or cyclic N) is 1. The first kappa shape index (κ1) is 17.0. The molecule has 0 saturated heterocycles. The van der Waals surface area contributed by atoms with E-state index < -0.39 is 0 Å². The second-order valence-corrected chi connectivity index (χ2v) is 6.43. The molecular weight excluding hydrogens is 328 g/mol. The van der Waals surface area contributed by atoms with Crippen LogP contribution in [-0.4, -0.2) is 45.9 Å². The number of aromatic nitrogens is 1. The summed E-state index contributed by atoms with van der Waals surface area (Å²) >= 11 is 5.89. The molecule has 0 spiro atoms. The summed E-state index contributed by atoms with van der Waals surface area (Å²) in [5, 5.41) is 20.8. The van der Waals surface area contributed by atoms with Crippen molar-refractivity contribution in [1.29, 1.82) is 0 Å². The number of aromatic hydroxyl groups is 1. The average molecular weight is 349 g/mol. The molecule has 2 heterocycles. The molecule has 1 aromatic heterocycles. The highest BCUT2D eigenvalue weighted by molar-refractivity contribution is 6.30. The topological polar surface area (TPSA) is 65.8 Å². The lowest BCUT2D eigenvalue weighted by atomic mass is 10.0. The average Bonchev–Trinajstić information content (AvgIpc) is 2.77. The standard InChI is InChI=1S/C18H21ClN2O3/c1-2-15(22)11-21-5-6-24-18-13(10-21)7-12(8-17(18)23)16-4-3-14(19)9-20-16/h3-4,7-9,15,22-23H,2,5-6,10-11H2,1H3. The van der Waals surface area contributed by atoms with Crippen LogP contribution < -0.4 is 4.74 Å². The molecule has 1 aliphatic heterocycles. The van der Waals surface area contributed by atoms with Gasteiger partial charge in [0.25, 0.3) is 0 Å². The summed E-state index contributed by atoms with van der Waals surface area (Å²) in [7, 11) is 0. The molecular formula is C18H21ClN2O3. The van der Waals surface area contributed by atoms with Gasteiger partial charge in [0.1, 0.15) is 6.61 Å². The fourth-order valence-corrected chi connectivity index (χ4v) is 2.94. The highest BCUT2D eigenvalue weighted by Gasteiger charge is 2.21. The molecule has 0 amide bonds. The smallest absolute Gasteiger partial charge is 0.165 e. The lowest BCUT2D eigenvalue weighted by Gasteiger charge is -2.22. The van der Waals surface area contributed by atoms with Gasteiger partial charge in [0.15, 0.2) is 11.5 Å². The second-order valence-electron chi connectivity index (χ2n) is 5.99. The minimum atomic E-state index is -0.360. The van der Waals surface area contributed by atoms with E-state index in [1.165, 1.54) is 0 Å². The number of rotatable bonds is 4. The van der Waals surface area contributed by atoms with Gasteiger partial charge in [-0.25, -0.2) is 0 Å². The van der Waals surface area contributed by atoms with Crippen molar-refractivity contribution in [1.82, 2.24) is 9.88 Å². The lowest BCUT2D eigenvalue weighted by Crippen LogP contribution is -2.33. The number of phenols is 1. The van der Waals surface area contributed by atoms with Crippen LogP contribution in [0.1, 0.15) is 18.9 Å². The van der Waals surface area contributed by atoms with Gasteiger partial charge >= 0.3 is 0 Å². The molecule has 2 N–H and O–H groups in total. The van der Waals surface area contributed by atoms with Gasteiger partial charge in [0.05, 0.1) is 16.8 Å². The first-order valence-corrected chi connectivity index (χ1v) is 8.45. The predicted octanol–water partition coefficient (Wildman–Crippen LogP) is 3.07. The largest absolute Gasteiger partial charge is 0.504 e. The minimum absolute atomic E-state index is 0.108. The normalized spacial score (nSPS) is 16.1. The number of hydrogen-bond donors (Lipinski definition) is 2. The first-order valence-electron chi connectivity index (χ1n) is 8.08. The Morgan fingerprint density at radius 2 is 2.21 bits per heavy atom. The quantitative estimate of drug-likeness (QED) is 0.889. The van der Waals surface area contributed by atoms with Gasteiger partial charge in [0, 0.05) is 37.0 Å². The van der Waals surface area contributed by atoms with Crippen LogP contribution in [0.2, 0.25) is 5.02 Å². The van der Waals surface area contributed by atoms with Gasteiger partial charge in [-0.2, -0.15) is 0 Å². The SMILES string of the molecule is CCC(O)CN1CCOc2c(O)cc(-c3ccc(Cl)cn3)cc2C1. The maximum absolute atomic E-state index is 10.3. The van der Waals surface area contributed by atoms with Crippen molar-refractivity contribution in [3.05, 3.63) is 41.0 Å². The fraction of sp³-hybridized carbons (Fsp3) is 0.389. The van der Waals surface area contributed by atoms with Crippen LogP contribution in [-0.2, 0) is 6.54 Å². The molecule has 1 aliphatic rings. The van der Waals surface area contributed by atoms with Gasteiger partial charge < -0.3 is 14.9 Å². The molecule has 5 nitrogen and oxygen atoms in total. The van der Waals surface area contributed by atoms with Crippen molar-refractivity contribution in [2.75, 3.05) is 19.7 Å².